The summed E-state index contributed by atoms with van der Waals surface area (Å²) in [5.41, 5.74) is 5.93. The number of fused-ring (bicyclic) bond motifs is 2. The van der Waals surface area contributed by atoms with Gasteiger partial charge in [0.2, 0.25) is 11.8 Å². The Morgan fingerprint density at radius 3 is 2.84 bits per heavy atom. The molecule has 2 amide bonds. The minimum absolute atomic E-state index is 0.0300. The Labute approximate surface area is 291 Å². The zero-order chi connectivity index (χ0) is 33.7. The van der Waals surface area contributed by atoms with Gasteiger partial charge in [0.05, 0.1) is 31.5 Å². The molecule has 49 heavy (non-hydrogen) atoms. The van der Waals surface area contributed by atoms with Crippen molar-refractivity contribution in [2.45, 2.75) is 51.7 Å². The van der Waals surface area contributed by atoms with Gasteiger partial charge in [-0.1, -0.05) is 16.8 Å². The molecular formula is C34H36ClN9O4S. The second-order valence-corrected chi connectivity index (χ2v) is 13.4. The Balaban J connectivity index is 0.907. The van der Waals surface area contributed by atoms with E-state index in [0.29, 0.717) is 39.5 Å². The highest BCUT2D eigenvalue weighted by atomic mass is 35.5. The zero-order valence-corrected chi connectivity index (χ0v) is 28.6. The lowest BCUT2D eigenvalue weighted by Gasteiger charge is -2.21. The van der Waals surface area contributed by atoms with Gasteiger partial charge in [-0.25, -0.2) is 9.97 Å². The summed E-state index contributed by atoms with van der Waals surface area (Å²) in [6.07, 6.45) is 9.59. The Morgan fingerprint density at radius 1 is 1.10 bits per heavy atom. The van der Waals surface area contributed by atoms with Crippen molar-refractivity contribution in [2.24, 2.45) is 5.92 Å². The molecular weight excluding hydrogens is 666 g/mol. The lowest BCUT2D eigenvalue weighted by Crippen LogP contribution is -2.18. The van der Waals surface area contributed by atoms with Crippen LogP contribution in [0, 0.1) is 5.92 Å². The largest absolute Gasteiger partial charge is 0.474 e. The van der Waals surface area contributed by atoms with Crippen LogP contribution in [0.25, 0.3) is 21.5 Å². The number of anilines is 2. The van der Waals surface area contributed by atoms with Crippen LogP contribution in [0.3, 0.4) is 0 Å². The van der Waals surface area contributed by atoms with E-state index in [1.165, 1.54) is 16.9 Å². The van der Waals surface area contributed by atoms with Gasteiger partial charge in [0, 0.05) is 53.1 Å². The van der Waals surface area contributed by atoms with Crippen LogP contribution in [-0.2, 0) is 35.5 Å². The van der Waals surface area contributed by atoms with Crippen LogP contribution in [0.5, 0.6) is 5.88 Å². The van der Waals surface area contributed by atoms with Crippen molar-refractivity contribution in [1.82, 2.24) is 35.3 Å². The molecule has 4 heterocycles. The molecule has 1 aromatic carbocycles. The molecule has 5 aromatic rings. The topological polar surface area (TPSA) is 158 Å². The van der Waals surface area contributed by atoms with E-state index in [1.54, 1.807) is 30.1 Å². The maximum atomic E-state index is 12.6. The molecule has 0 radical (unpaired) electrons. The Bertz CT molecular complexity index is 1990. The molecule has 13 nitrogen and oxygen atoms in total. The number of rotatable bonds is 14. The zero-order valence-electron chi connectivity index (χ0n) is 27.0. The standard InChI is InChI=1S/C34H36ClN9O4S/c1-36-32(46)30-33(41-34(49-30)21-10-11-37-28(16-21)40-31(45)20-6-7-20)48-15-14-47-19-23-18-44(43-42-23)13-12-38-29-24-4-2-3-5-26(24)39-27-17-22(35)8-9-25(27)29/h8-11,16-18,20H,2-7,12-15,19H2,1H3,(H,36,46)(H,38,39)(H,37,40,45). The molecule has 254 valence electrons. The van der Waals surface area contributed by atoms with Gasteiger partial charge in [0.15, 0.2) is 4.88 Å². The van der Waals surface area contributed by atoms with Crippen LogP contribution < -0.4 is 20.7 Å². The fourth-order valence-electron chi connectivity index (χ4n) is 5.77. The molecule has 0 atom stereocenters. The molecule has 1 fully saturated rings. The van der Waals surface area contributed by atoms with Crippen LogP contribution >= 0.6 is 22.9 Å². The number of ether oxygens (including phenoxy) is 2. The predicted octanol–water partition coefficient (Wildman–Crippen LogP) is 5.29. The van der Waals surface area contributed by atoms with Gasteiger partial charge in [-0.15, -0.1) is 16.4 Å². The number of aryl methyl sites for hydroxylation is 1. The molecule has 3 N–H and O–H groups in total. The third kappa shape index (κ3) is 7.82. The third-order valence-electron chi connectivity index (χ3n) is 8.41. The summed E-state index contributed by atoms with van der Waals surface area (Å²) in [5.74, 6) is 0.392. The number of pyridine rings is 2. The van der Waals surface area contributed by atoms with Crippen molar-refractivity contribution in [2.75, 3.05) is 37.4 Å². The van der Waals surface area contributed by atoms with Crippen molar-refractivity contribution < 1.29 is 19.1 Å². The van der Waals surface area contributed by atoms with E-state index < -0.39 is 0 Å². The lowest BCUT2D eigenvalue weighted by molar-refractivity contribution is -0.117. The first-order valence-corrected chi connectivity index (χ1v) is 17.6. The second kappa shape index (κ2) is 14.8. The van der Waals surface area contributed by atoms with Crippen LogP contribution in [0.4, 0.5) is 11.5 Å². The summed E-state index contributed by atoms with van der Waals surface area (Å²) in [6, 6.07) is 9.40. The van der Waals surface area contributed by atoms with Crippen LogP contribution in [-0.4, -0.2) is 68.6 Å². The summed E-state index contributed by atoms with van der Waals surface area (Å²) < 4.78 is 13.5. The maximum absolute atomic E-state index is 12.6. The van der Waals surface area contributed by atoms with Crippen LogP contribution in [0.2, 0.25) is 5.02 Å². The van der Waals surface area contributed by atoms with E-state index in [4.69, 9.17) is 26.1 Å². The number of nitrogens with one attached hydrogen (secondary N) is 3. The van der Waals surface area contributed by atoms with E-state index in [2.05, 4.69) is 36.2 Å². The highest BCUT2D eigenvalue weighted by molar-refractivity contribution is 7.17. The fraction of sp³-hybridized carbons (Fsp3) is 0.382. The Kier molecular flexibility index (Phi) is 9.96. The van der Waals surface area contributed by atoms with E-state index in [-0.39, 0.29) is 43.4 Å². The summed E-state index contributed by atoms with van der Waals surface area (Å²) in [6.45, 7) is 2.00. The lowest BCUT2D eigenvalue weighted by atomic mass is 9.92. The van der Waals surface area contributed by atoms with Gasteiger partial charge in [-0.05, 0) is 74.4 Å². The third-order valence-corrected chi connectivity index (χ3v) is 9.73. The van der Waals surface area contributed by atoms with Gasteiger partial charge in [0.25, 0.3) is 5.91 Å². The number of carbonyl (C=O) groups is 2. The van der Waals surface area contributed by atoms with Gasteiger partial charge in [0.1, 0.15) is 23.1 Å². The van der Waals surface area contributed by atoms with E-state index in [0.717, 1.165) is 66.4 Å². The summed E-state index contributed by atoms with van der Waals surface area (Å²) in [4.78, 5) is 38.8. The number of amides is 2. The maximum Gasteiger partial charge on any atom is 0.266 e. The van der Waals surface area contributed by atoms with Crippen molar-refractivity contribution in [3.8, 4) is 16.5 Å². The molecule has 0 aliphatic heterocycles. The number of aromatic nitrogens is 6. The molecule has 2 aliphatic rings. The highest BCUT2D eigenvalue weighted by Gasteiger charge is 2.30. The average molecular weight is 702 g/mol. The summed E-state index contributed by atoms with van der Waals surface area (Å²) >= 11 is 7.47. The quantitative estimate of drug-likeness (QED) is 0.130. The van der Waals surface area contributed by atoms with Crippen molar-refractivity contribution >= 4 is 57.2 Å². The minimum Gasteiger partial charge on any atom is -0.474 e. The SMILES string of the molecule is CNC(=O)c1sc(-c2ccnc(NC(=O)C3CC3)c2)nc1OCCOCc1cn(CCNc2c3c(nc4cc(Cl)ccc24)CCCC3)nn1. The highest BCUT2D eigenvalue weighted by Crippen LogP contribution is 2.36. The Hall–Kier alpha value is -4.66. The number of nitrogens with zero attached hydrogens (tertiary/aromatic N) is 6. The molecule has 0 unspecified atom stereocenters. The number of halogens is 1. The van der Waals surface area contributed by atoms with Crippen molar-refractivity contribution in [1.29, 1.82) is 0 Å². The van der Waals surface area contributed by atoms with E-state index in [1.807, 2.05) is 24.4 Å². The first-order valence-electron chi connectivity index (χ1n) is 16.4. The van der Waals surface area contributed by atoms with Crippen LogP contribution in [0.1, 0.15) is 52.3 Å². The van der Waals surface area contributed by atoms with Gasteiger partial charge < -0.3 is 25.4 Å². The summed E-state index contributed by atoms with van der Waals surface area (Å²) in [5, 5.41) is 20.0. The molecule has 0 saturated heterocycles. The number of thiazole rings is 1. The van der Waals surface area contributed by atoms with E-state index >= 15 is 0 Å². The number of hydrogen-bond acceptors (Lipinski definition) is 11. The number of benzene rings is 1. The molecule has 2 aliphatic carbocycles. The smallest absolute Gasteiger partial charge is 0.266 e. The number of carbonyl (C=O) groups excluding carboxylic acids is 2. The number of hydrogen-bond donors (Lipinski definition) is 3. The minimum atomic E-state index is -0.302. The molecule has 15 heteroatoms. The first-order chi connectivity index (χ1) is 23.9. The first kappa shape index (κ1) is 32.9. The molecule has 0 spiro atoms. The van der Waals surface area contributed by atoms with Gasteiger partial charge in [-0.3, -0.25) is 19.3 Å². The van der Waals surface area contributed by atoms with Gasteiger partial charge >= 0.3 is 0 Å². The monoisotopic (exact) mass is 701 g/mol. The van der Waals surface area contributed by atoms with E-state index in [9.17, 15) is 9.59 Å². The normalized spacial score (nSPS) is 14.0. The molecule has 0 bridgehead atoms. The van der Waals surface area contributed by atoms with Crippen LogP contribution in [0.15, 0.2) is 42.7 Å². The molecule has 1 saturated carbocycles. The Morgan fingerprint density at radius 2 is 1.98 bits per heavy atom. The predicted molar refractivity (Wildman–Crippen MR) is 187 cm³/mol. The summed E-state index contributed by atoms with van der Waals surface area (Å²) in [7, 11) is 1.56. The van der Waals surface area contributed by atoms with Crippen molar-refractivity contribution in [3.05, 3.63) is 69.6 Å². The van der Waals surface area contributed by atoms with Gasteiger partial charge in [-0.2, -0.15) is 0 Å². The second-order valence-electron chi connectivity index (χ2n) is 12.0. The van der Waals surface area contributed by atoms with Crippen molar-refractivity contribution in [3.63, 3.8) is 0 Å². The average Bonchev–Trinajstić information content (AvgIpc) is 3.74. The molecule has 7 rings (SSSR count). The fourth-order valence-corrected chi connectivity index (χ4v) is 6.89. The molecule has 4 aromatic heterocycles.